The third-order valence-electron chi connectivity index (χ3n) is 2.24. The van der Waals surface area contributed by atoms with Gasteiger partial charge in [0.1, 0.15) is 5.69 Å². The number of nitrogens with zero attached hydrogens (tertiary/aromatic N) is 2. The topological polar surface area (TPSA) is 152 Å². The molecule has 1 heterocycles. The number of hydrogen-bond acceptors (Lipinski definition) is 6. The van der Waals surface area contributed by atoms with Gasteiger partial charge in [0.15, 0.2) is 0 Å². The molecule has 4 N–H and O–H groups in total. The van der Waals surface area contributed by atoms with Crippen LogP contribution >= 0.6 is 0 Å². The van der Waals surface area contributed by atoms with Crippen molar-refractivity contribution in [2.24, 2.45) is 0 Å². The van der Waals surface area contributed by atoms with Crippen LogP contribution in [-0.4, -0.2) is 26.0 Å². The molecule has 1 aromatic carbocycles. The van der Waals surface area contributed by atoms with Crippen molar-refractivity contribution in [3.63, 3.8) is 0 Å². The van der Waals surface area contributed by atoms with Crippen molar-refractivity contribution in [2.45, 2.75) is 0 Å². The van der Waals surface area contributed by atoms with Crippen LogP contribution in [0.1, 0.15) is 10.5 Å². The number of carboxylic acids is 1. The first-order valence-corrected chi connectivity index (χ1v) is 4.61. The number of aromatic amines is 1. The molecule has 0 saturated carbocycles. The molecule has 2 aromatic rings. The fourth-order valence-corrected chi connectivity index (χ4v) is 1.44. The standard InChI is InChI=1S/C9H6N4O5/c10-3-1-4-5(2-6(3)13(17)18)12-8(14)7(11-4)9(15)16/h1-2H,10H2,(H,12,14)(H,15,16). The fraction of sp³-hybridized carbons (Fsp3) is 0. The monoisotopic (exact) mass is 250 g/mol. The van der Waals surface area contributed by atoms with Crippen molar-refractivity contribution in [1.82, 2.24) is 9.97 Å². The van der Waals surface area contributed by atoms with Gasteiger partial charge in [-0.2, -0.15) is 0 Å². The van der Waals surface area contributed by atoms with Crippen LogP contribution in [0.25, 0.3) is 11.0 Å². The Balaban J connectivity index is 2.82. The third-order valence-corrected chi connectivity index (χ3v) is 2.24. The predicted molar refractivity (Wildman–Crippen MR) is 60.4 cm³/mol. The van der Waals surface area contributed by atoms with Gasteiger partial charge in [-0.05, 0) is 6.07 Å². The van der Waals surface area contributed by atoms with Crippen LogP contribution in [0.5, 0.6) is 0 Å². The number of fused-ring (bicyclic) bond motifs is 1. The summed E-state index contributed by atoms with van der Waals surface area (Å²) in [5.41, 5.74) is 3.36. The second-order valence-electron chi connectivity index (χ2n) is 3.40. The van der Waals surface area contributed by atoms with E-state index in [1.807, 2.05) is 0 Å². The molecular formula is C9H6N4O5. The summed E-state index contributed by atoms with van der Waals surface area (Å²) in [6.07, 6.45) is 0. The van der Waals surface area contributed by atoms with E-state index in [0.29, 0.717) is 0 Å². The van der Waals surface area contributed by atoms with E-state index in [0.717, 1.165) is 12.1 Å². The third kappa shape index (κ3) is 1.73. The molecule has 1 aromatic heterocycles. The zero-order chi connectivity index (χ0) is 13.4. The second-order valence-corrected chi connectivity index (χ2v) is 3.40. The molecule has 9 nitrogen and oxygen atoms in total. The first-order chi connectivity index (χ1) is 8.40. The highest BCUT2D eigenvalue weighted by atomic mass is 16.6. The molecule has 0 atom stereocenters. The average Bonchev–Trinajstić information content (AvgIpc) is 2.27. The summed E-state index contributed by atoms with van der Waals surface area (Å²) in [7, 11) is 0. The van der Waals surface area contributed by atoms with Gasteiger partial charge in [0.2, 0.25) is 5.69 Å². The number of nitrogens with one attached hydrogen (secondary N) is 1. The number of nitro benzene ring substituents is 1. The zero-order valence-electron chi connectivity index (χ0n) is 8.71. The SMILES string of the molecule is Nc1cc2nc(C(=O)O)c(=O)[nH]c2cc1[N+](=O)[O-]. The molecule has 2 rings (SSSR count). The average molecular weight is 250 g/mol. The van der Waals surface area contributed by atoms with Crippen LogP contribution < -0.4 is 11.3 Å². The maximum atomic E-state index is 11.3. The summed E-state index contributed by atoms with van der Waals surface area (Å²) in [6.45, 7) is 0. The Morgan fingerprint density at radius 2 is 2.17 bits per heavy atom. The van der Waals surface area contributed by atoms with Crippen LogP contribution in [0.15, 0.2) is 16.9 Å². The minimum atomic E-state index is -1.49. The van der Waals surface area contributed by atoms with Gasteiger partial charge in [-0.15, -0.1) is 0 Å². The summed E-state index contributed by atoms with van der Waals surface area (Å²) in [5.74, 6) is -1.49. The van der Waals surface area contributed by atoms with Crippen LogP contribution in [0, 0.1) is 10.1 Å². The van der Waals surface area contributed by atoms with Gasteiger partial charge in [-0.25, -0.2) is 9.78 Å². The highest BCUT2D eigenvalue weighted by Gasteiger charge is 2.17. The summed E-state index contributed by atoms with van der Waals surface area (Å²) < 4.78 is 0. The summed E-state index contributed by atoms with van der Waals surface area (Å²) in [4.78, 5) is 37.8. The maximum absolute atomic E-state index is 11.3. The van der Waals surface area contributed by atoms with E-state index in [2.05, 4.69) is 9.97 Å². The van der Waals surface area contributed by atoms with Gasteiger partial charge in [0.05, 0.1) is 16.0 Å². The lowest BCUT2D eigenvalue weighted by Crippen LogP contribution is -2.19. The van der Waals surface area contributed by atoms with Crippen LogP contribution in [0.2, 0.25) is 0 Å². The number of hydrogen-bond donors (Lipinski definition) is 3. The number of benzene rings is 1. The number of H-pyrrole nitrogens is 1. The molecule has 0 aliphatic rings. The van der Waals surface area contributed by atoms with E-state index in [1.54, 1.807) is 0 Å². The molecule has 0 amide bonds. The van der Waals surface area contributed by atoms with E-state index in [1.165, 1.54) is 0 Å². The van der Waals surface area contributed by atoms with Gasteiger partial charge >= 0.3 is 5.97 Å². The van der Waals surface area contributed by atoms with Crippen molar-refractivity contribution in [3.05, 3.63) is 38.3 Å². The number of carboxylic acid groups (broad SMARTS) is 1. The van der Waals surface area contributed by atoms with Crippen molar-refractivity contribution in [3.8, 4) is 0 Å². The molecule has 0 aliphatic heterocycles. The summed E-state index contributed by atoms with van der Waals surface area (Å²) in [5, 5.41) is 19.4. The van der Waals surface area contributed by atoms with Crippen LogP contribution in [-0.2, 0) is 0 Å². The minimum Gasteiger partial charge on any atom is -0.476 e. The molecule has 0 bridgehead atoms. The Hall–Kier alpha value is -2.97. The molecular weight excluding hydrogens is 244 g/mol. The van der Waals surface area contributed by atoms with Crippen molar-refractivity contribution in [1.29, 1.82) is 0 Å². The van der Waals surface area contributed by atoms with E-state index in [-0.39, 0.29) is 22.4 Å². The minimum absolute atomic E-state index is 0.0471. The van der Waals surface area contributed by atoms with Crippen molar-refractivity contribution >= 4 is 28.4 Å². The molecule has 0 unspecified atom stereocenters. The summed E-state index contributed by atoms with van der Waals surface area (Å²) >= 11 is 0. The largest absolute Gasteiger partial charge is 0.476 e. The number of rotatable bonds is 2. The number of nitro groups is 1. The highest BCUT2D eigenvalue weighted by molar-refractivity contribution is 5.89. The fourth-order valence-electron chi connectivity index (χ4n) is 1.44. The van der Waals surface area contributed by atoms with Crippen LogP contribution in [0.3, 0.4) is 0 Å². The van der Waals surface area contributed by atoms with Gasteiger partial charge in [0.25, 0.3) is 11.2 Å². The molecule has 9 heteroatoms. The molecule has 0 fully saturated rings. The molecule has 92 valence electrons. The maximum Gasteiger partial charge on any atom is 0.360 e. The van der Waals surface area contributed by atoms with Crippen molar-refractivity contribution < 1.29 is 14.8 Å². The number of nitrogens with two attached hydrogens (primary N) is 1. The number of aromatic carboxylic acids is 1. The van der Waals surface area contributed by atoms with Gasteiger partial charge < -0.3 is 15.8 Å². The van der Waals surface area contributed by atoms with Gasteiger partial charge in [0, 0.05) is 6.07 Å². The lowest BCUT2D eigenvalue weighted by atomic mass is 10.2. The Labute approximate surface area is 98.0 Å². The lowest BCUT2D eigenvalue weighted by molar-refractivity contribution is -0.383. The van der Waals surface area contributed by atoms with Crippen molar-refractivity contribution in [2.75, 3.05) is 5.73 Å². The van der Waals surface area contributed by atoms with E-state index >= 15 is 0 Å². The Morgan fingerprint density at radius 1 is 1.50 bits per heavy atom. The Kier molecular flexibility index (Phi) is 2.43. The van der Waals surface area contributed by atoms with E-state index < -0.39 is 22.1 Å². The molecule has 0 radical (unpaired) electrons. The zero-order valence-corrected chi connectivity index (χ0v) is 8.71. The highest BCUT2D eigenvalue weighted by Crippen LogP contribution is 2.25. The number of anilines is 1. The quantitative estimate of drug-likeness (QED) is 0.388. The Morgan fingerprint density at radius 3 is 2.72 bits per heavy atom. The first kappa shape index (κ1) is 11.5. The normalized spacial score (nSPS) is 10.4. The van der Waals surface area contributed by atoms with Crippen LogP contribution in [0.4, 0.5) is 11.4 Å². The first-order valence-electron chi connectivity index (χ1n) is 4.61. The number of nitrogen functional groups attached to an aromatic ring is 1. The number of aromatic nitrogens is 2. The van der Waals surface area contributed by atoms with E-state index in [4.69, 9.17) is 10.8 Å². The van der Waals surface area contributed by atoms with Gasteiger partial charge in [-0.3, -0.25) is 14.9 Å². The second kappa shape index (κ2) is 3.80. The molecule has 18 heavy (non-hydrogen) atoms. The van der Waals surface area contributed by atoms with E-state index in [9.17, 15) is 19.7 Å². The molecule has 0 saturated heterocycles. The Bertz CT molecular complexity index is 736. The summed E-state index contributed by atoms with van der Waals surface area (Å²) in [6, 6.07) is 2.17. The molecule has 0 spiro atoms. The predicted octanol–water partition coefficient (Wildman–Crippen LogP) is 0.112. The lowest BCUT2D eigenvalue weighted by Gasteiger charge is -2.01. The smallest absolute Gasteiger partial charge is 0.360 e. The molecule has 0 aliphatic carbocycles. The number of carbonyl (C=O) groups is 1. The van der Waals surface area contributed by atoms with Gasteiger partial charge in [-0.1, -0.05) is 0 Å².